The van der Waals surface area contributed by atoms with Crippen molar-refractivity contribution in [2.75, 3.05) is 24.6 Å². The highest BCUT2D eigenvalue weighted by atomic mass is 16.5. The van der Waals surface area contributed by atoms with Crippen molar-refractivity contribution in [1.29, 1.82) is 0 Å². The third-order valence-corrected chi connectivity index (χ3v) is 3.94. The Bertz CT molecular complexity index is 380. The number of benzene rings is 1. The number of rotatable bonds is 6. The summed E-state index contributed by atoms with van der Waals surface area (Å²) in [5.41, 5.74) is 7.23. The lowest BCUT2D eigenvalue weighted by Gasteiger charge is -2.32. The zero-order valence-corrected chi connectivity index (χ0v) is 12.8. The van der Waals surface area contributed by atoms with E-state index in [4.69, 9.17) is 10.5 Å². The van der Waals surface area contributed by atoms with E-state index in [9.17, 15) is 0 Å². The highest BCUT2D eigenvalue weighted by Crippen LogP contribution is 2.22. The van der Waals surface area contributed by atoms with Crippen LogP contribution in [0.4, 0.5) is 5.69 Å². The smallest absolute Gasteiger partial charge is 0.119 e. The van der Waals surface area contributed by atoms with Crippen LogP contribution in [-0.2, 0) is 0 Å². The number of anilines is 1. The highest BCUT2D eigenvalue weighted by molar-refractivity contribution is 5.49. The van der Waals surface area contributed by atoms with Crippen LogP contribution in [0.3, 0.4) is 0 Å². The second-order valence-corrected chi connectivity index (χ2v) is 6.20. The van der Waals surface area contributed by atoms with Gasteiger partial charge in [-0.2, -0.15) is 0 Å². The summed E-state index contributed by atoms with van der Waals surface area (Å²) < 4.78 is 5.78. The maximum absolute atomic E-state index is 5.94. The van der Waals surface area contributed by atoms with E-state index in [0.717, 1.165) is 50.6 Å². The summed E-state index contributed by atoms with van der Waals surface area (Å²) in [6.07, 6.45) is 4.54. The first-order valence-electron chi connectivity index (χ1n) is 7.88. The minimum atomic E-state index is 0.384. The summed E-state index contributed by atoms with van der Waals surface area (Å²) in [5.74, 6) is 1.73. The van der Waals surface area contributed by atoms with Crippen molar-refractivity contribution in [3.05, 3.63) is 24.3 Å². The molecule has 1 saturated heterocycles. The third-order valence-electron chi connectivity index (χ3n) is 3.94. The first-order chi connectivity index (χ1) is 9.65. The zero-order chi connectivity index (χ0) is 14.4. The molecule has 1 aliphatic heterocycles. The van der Waals surface area contributed by atoms with Crippen molar-refractivity contribution in [2.24, 2.45) is 11.7 Å². The molecule has 0 unspecified atom stereocenters. The quantitative estimate of drug-likeness (QED) is 0.809. The molecule has 1 aromatic rings. The fraction of sp³-hybridized carbons (Fsp3) is 0.647. The van der Waals surface area contributed by atoms with Gasteiger partial charge in [-0.3, -0.25) is 0 Å². The van der Waals surface area contributed by atoms with Crippen molar-refractivity contribution in [2.45, 2.75) is 45.6 Å². The van der Waals surface area contributed by atoms with Crippen molar-refractivity contribution in [1.82, 2.24) is 0 Å². The lowest BCUT2D eigenvalue weighted by atomic mass is 10.1. The molecule has 0 bridgehead atoms. The predicted molar refractivity (Wildman–Crippen MR) is 85.4 cm³/mol. The van der Waals surface area contributed by atoms with Gasteiger partial charge >= 0.3 is 0 Å². The molecule has 3 nitrogen and oxygen atoms in total. The highest BCUT2D eigenvalue weighted by Gasteiger charge is 2.16. The van der Waals surface area contributed by atoms with Gasteiger partial charge in [-0.15, -0.1) is 0 Å². The van der Waals surface area contributed by atoms with Crippen LogP contribution in [0, 0.1) is 5.92 Å². The molecule has 0 aromatic heterocycles. The van der Waals surface area contributed by atoms with Gasteiger partial charge in [0.2, 0.25) is 0 Å². The Labute approximate surface area is 123 Å². The van der Waals surface area contributed by atoms with Crippen molar-refractivity contribution < 1.29 is 4.74 Å². The minimum absolute atomic E-state index is 0.384. The van der Waals surface area contributed by atoms with Gasteiger partial charge in [0.05, 0.1) is 6.61 Å². The van der Waals surface area contributed by atoms with Gasteiger partial charge in [0.1, 0.15) is 5.75 Å². The monoisotopic (exact) mass is 276 g/mol. The normalized spacial score (nSPS) is 16.7. The van der Waals surface area contributed by atoms with Crippen LogP contribution >= 0.6 is 0 Å². The van der Waals surface area contributed by atoms with Crippen LogP contribution in [0.2, 0.25) is 0 Å². The number of hydrogen-bond donors (Lipinski definition) is 1. The molecule has 0 atom stereocenters. The van der Waals surface area contributed by atoms with E-state index in [2.05, 4.69) is 43.0 Å². The number of nitrogens with two attached hydrogens (primary N) is 1. The SMILES string of the molecule is CC(C)CCCOc1ccc(N2CCC(N)CC2)cc1. The molecule has 0 amide bonds. The van der Waals surface area contributed by atoms with Gasteiger partial charge in [-0.1, -0.05) is 13.8 Å². The zero-order valence-electron chi connectivity index (χ0n) is 12.8. The van der Waals surface area contributed by atoms with Crippen LogP contribution in [-0.4, -0.2) is 25.7 Å². The number of hydrogen-bond acceptors (Lipinski definition) is 3. The van der Waals surface area contributed by atoms with E-state index < -0.39 is 0 Å². The molecule has 20 heavy (non-hydrogen) atoms. The van der Waals surface area contributed by atoms with E-state index >= 15 is 0 Å². The average molecular weight is 276 g/mol. The van der Waals surface area contributed by atoms with Gasteiger partial charge in [0.15, 0.2) is 0 Å². The Hall–Kier alpha value is -1.22. The Kier molecular flexibility index (Phi) is 5.72. The van der Waals surface area contributed by atoms with E-state index in [0.29, 0.717) is 6.04 Å². The van der Waals surface area contributed by atoms with Crippen molar-refractivity contribution in [3.8, 4) is 5.75 Å². The maximum Gasteiger partial charge on any atom is 0.119 e. The van der Waals surface area contributed by atoms with E-state index in [-0.39, 0.29) is 0 Å². The summed E-state index contributed by atoms with van der Waals surface area (Å²) in [5, 5.41) is 0. The van der Waals surface area contributed by atoms with Crippen LogP contribution in [0.25, 0.3) is 0 Å². The van der Waals surface area contributed by atoms with Crippen molar-refractivity contribution in [3.63, 3.8) is 0 Å². The Morgan fingerprint density at radius 2 is 1.85 bits per heavy atom. The molecule has 1 aromatic carbocycles. The number of piperidine rings is 1. The molecule has 0 radical (unpaired) electrons. The fourth-order valence-electron chi connectivity index (χ4n) is 2.59. The standard InChI is InChI=1S/C17H28N2O/c1-14(2)4-3-13-20-17-7-5-16(6-8-17)19-11-9-15(18)10-12-19/h5-8,14-15H,3-4,9-13,18H2,1-2H3. The van der Waals surface area contributed by atoms with Crippen LogP contribution < -0.4 is 15.4 Å². The lowest BCUT2D eigenvalue weighted by molar-refractivity contribution is 0.297. The summed E-state index contributed by atoms with van der Waals surface area (Å²) in [4.78, 5) is 2.41. The summed E-state index contributed by atoms with van der Waals surface area (Å²) in [6, 6.07) is 8.87. The van der Waals surface area contributed by atoms with Gasteiger partial charge < -0.3 is 15.4 Å². The number of ether oxygens (including phenoxy) is 1. The van der Waals surface area contributed by atoms with E-state index in [1.165, 1.54) is 12.1 Å². The first-order valence-corrected chi connectivity index (χ1v) is 7.88. The van der Waals surface area contributed by atoms with Gasteiger partial charge in [0, 0.05) is 24.8 Å². The topological polar surface area (TPSA) is 38.5 Å². The second kappa shape index (κ2) is 7.53. The molecule has 3 heteroatoms. The number of nitrogens with zero attached hydrogens (tertiary/aromatic N) is 1. The second-order valence-electron chi connectivity index (χ2n) is 6.20. The third kappa shape index (κ3) is 4.71. The van der Waals surface area contributed by atoms with Gasteiger partial charge in [0.25, 0.3) is 0 Å². The molecule has 0 spiro atoms. The molecule has 1 aliphatic rings. The molecular formula is C17H28N2O. The summed E-state index contributed by atoms with van der Waals surface area (Å²) in [6.45, 7) is 7.44. The molecule has 0 aliphatic carbocycles. The average Bonchev–Trinajstić information content (AvgIpc) is 2.45. The Balaban J connectivity index is 1.77. The largest absolute Gasteiger partial charge is 0.494 e. The fourth-order valence-corrected chi connectivity index (χ4v) is 2.59. The minimum Gasteiger partial charge on any atom is -0.494 e. The molecule has 1 heterocycles. The van der Waals surface area contributed by atoms with Crippen LogP contribution in [0.5, 0.6) is 5.75 Å². The predicted octanol–water partition coefficient (Wildman–Crippen LogP) is 3.43. The molecule has 1 fully saturated rings. The molecular weight excluding hydrogens is 248 g/mol. The molecule has 0 saturated carbocycles. The van der Waals surface area contributed by atoms with E-state index in [1.807, 2.05) is 0 Å². The van der Waals surface area contributed by atoms with Crippen LogP contribution in [0.15, 0.2) is 24.3 Å². The van der Waals surface area contributed by atoms with Crippen molar-refractivity contribution >= 4 is 5.69 Å². The summed E-state index contributed by atoms with van der Waals surface area (Å²) in [7, 11) is 0. The molecule has 2 rings (SSSR count). The van der Waals surface area contributed by atoms with Gasteiger partial charge in [-0.05, 0) is 55.9 Å². The van der Waals surface area contributed by atoms with Crippen LogP contribution in [0.1, 0.15) is 39.5 Å². The van der Waals surface area contributed by atoms with Gasteiger partial charge in [-0.25, -0.2) is 0 Å². The Morgan fingerprint density at radius 3 is 2.45 bits per heavy atom. The first kappa shape index (κ1) is 15.2. The van der Waals surface area contributed by atoms with E-state index in [1.54, 1.807) is 0 Å². The molecule has 112 valence electrons. The summed E-state index contributed by atoms with van der Waals surface area (Å²) >= 11 is 0. The maximum atomic E-state index is 5.94. The molecule has 2 N–H and O–H groups in total. The lowest BCUT2D eigenvalue weighted by Crippen LogP contribution is -2.39. The Morgan fingerprint density at radius 1 is 1.20 bits per heavy atom.